The summed E-state index contributed by atoms with van der Waals surface area (Å²) in [6.07, 6.45) is 4.29. The number of hydrogen-bond donors (Lipinski definition) is 1. The molecule has 1 heterocycles. The molecule has 0 amide bonds. The van der Waals surface area contributed by atoms with Gasteiger partial charge in [0.2, 0.25) is 0 Å². The SMILES string of the molecule is CCNC(c1c(Br)cnn1CCN(C)C)C(CC)CC. The molecule has 20 heavy (non-hydrogen) atoms. The highest BCUT2D eigenvalue weighted by atomic mass is 79.9. The topological polar surface area (TPSA) is 33.1 Å². The highest BCUT2D eigenvalue weighted by molar-refractivity contribution is 9.10. The molecule has 0 radical (unpaired) electrons. The summed E-state index contributed by atoms with van der Waals surface area (Å²) in [4.78, 5) is 2.19. The Balaban J connectivity index is 3.02. The van der Waals surface area contributed by atoms with Crippen molar-refractivity contribution in [3.63, 3.8) is 0 Å². The van der Waals surface area contributed by atoms with E-state index in [0.29, 0.717) is 12.0 Å². The summed E-state index contributed by atoms with van der Waals surface area (Å²) < 4.78 is 3.27. The predicted octanol–water partition coefficient (Wildman–Crippen LogP) is 3.29. The lowest BCUT2D eigenvalue weighted by Crippen LogP contribution is -2.31. The molecule has 4 nitrogen and oxygen atoms in total. The van der Waals surface area contributed by atoms with Gasteiger partial charge in [-0.1, -0.05) is 33.6 Å². The summed E-state index contributed by atoms with van der Waals surface area (Å²) in [7, 11) is 4.20. The Bertz CT molecular complexity index is 385. The Kier molecular flexibility index (Phi) is 7.77. The van der Waals surface area contributed by atoms with Gasteiger partial charge >= 0.3 is 0 Å². The zero-order chi connectivity index (χ0) is 15.1. The van der Waals surface area contributed by atoms with Crippen molar-refractivity contribution in [3.8, 4) is 0 Å². The summed E-state index contributed by atoms with van der Waals surface area (Å²) >= 11 is 3.68. The van der Waals surface area contributed by atoms with Gasteiger partial charge in [-0.15, -0.1) is 0 Å². The number of hydrogen-bond acceptors (Lipinski definition) is 3. The normalized spacial score (nSPS) is 13.4. The molecule has 0 bridgehead atoms. The maximum absolute atomic E-state index is 4.54. The van der Waals surface area contributed by atoms with Crippen LogP contribution in [0.15, 0.2) is 10.7 Å². The molecule has 0 fully saturated rings. The van der Waals surface area contributed by atoms with Crippen molar-refractivity contribution in [3.05, 3.63) is 16.4 Å². The van der Waals surface area contributed by atoms with Gasteiger partial charge in [0.05, 0.1) is 29.0 Å². The second-order valence-electron chi connectivity index (χ2n) is 5.52. The van der Waals surface area contributed by atoms with E-state index in [1.165, 1.54) is 18.5 Å². The first-order chi connectivity index (χ1) is 9.54. The largest absolute Gasteiger partial charge is 0.309 e. The number of rotatable bonds is 9. The molecule has 1 aromatic rings. The van der Waals surface area contributed by atoms with Crippen molar-refractivity contribution in [2.75, 3.05) is 27.2 Å². The number of nitrogens with one attached hydrogen (secondary N) is 1. The van der Waals surface area contributed by atoms with Gasteiger partial charge in [0.1, 0.15) is 0 Å². The predicted molar refractivity (Wildman–Crippen MR) is 89.0 cm³/mol. The maximum Gasteiger partial charge on any atom is 0.0699 e. The van der Waals surface area contributed by atoms with Gasteiger partial charge in [-0.2, -0.15) is 5.10 Å². The van der Waals surface area contributed by atoms with Crippen LogP contribution in [0.3, 0.4) is 0 Å². The molecule has 1 rings (SSSR count). The smallest absolute Gasteiger partial charge is 0.0699 e. The van der Waals surface area contributed by atoms with Gasteiger partial charge in [0.15, 0.2) is 0 Å². The van der Waals surface area contributed by atoms with E-state index < -0.39 is 0 Å². The first kappa shape index (κ1) is 17.7. The Morgan fingerprint density at radius 2 is 1.95 bits per heavy atom. The fraction of sp³-hybridized carbons (Fsp3) is 0.800. The van der Waals surface area contributed by atoms with Gasteiger partial charge in [0.25, 0.3) is 0 Å². The van der Waals surface area contributed by atoms with E-state index in [4.69, 9.17) is 0 Å². The highest BCUT2D eigenvalue weighted by Crippen LogP contribution is 2.32. The molecule has 116 valence electrons. The lowest BCUT2D eigenvalue weighted by atomic mass is 9.91. The van der Waals surface area contributed by atoms with Crippen LogP contribution in [0, 0.1) is 5.92 Å². The molecular formula is C15H29BrN4. The van der Waals surface area contributed by atoms with Crippen LogP contribution in [-0.2, 0) is 6.54 Å². The lowest BCUT2D eigenvalue weighted by molar-refractivity contribution is 0.313. The van der Waals surface area contributed by atoms with Gasteiger partial charge in [-0.3, -0.25) is 4.68 Å². The summed E-state index contributed by atoms with van der Waals surface area (Å²) in [5.41, 5.74) is 1.29. The second kappa shape index (κ2) is 8.80. The number of nitrogens with zero attached hydrogens (tertiary/aromatic N) is 3. The Hall–Kier alpha value is -0.390. The van der Waals surface area contributed by atoms with Crippen molar-refractivity contribution in [1.82, 2.24) is 20.0 Å². The molecule has 1 N–H and O–H groups in total. The standard InChI is InChI=1S/C15H29BrN4/c1-6-12(7-2)14(17-8-3)15-13(16)11-18-20(15)10-9-19(4)5/h11-12,14,17H,6-10H2,1-5H3. The first-order valence-corrected chi connectivity index (χ1v) is 8.43. The van der Waals surface area contributed by atoms with E-state index in [9.17, 15) is 0 Å². The van der Waals surface area contributed by atoms with Crippen LogP contribution in [0.2, 0.25) is 0 Å². The fourth-order valence-corrected chi connectivity index (χ4v) is 3.16. The third kappa shape index (κ3) is 4.57. The average Bonchev–Trinajstić information content (AvgIpc) is 2.77. The van der Waals surface area contributed by atoms with E-state index in [-0.39, 0.29) is 0 Å². The summed E-state index contributed by atoms with van der Waals surface area (Å²) in [6.45, 7) is 9.62. The minimum atomic E-state index is 0.369. The van der Waals surface area contributed by atoms with Gasteiger partial charge in [0, 0.05) is 6.54 Å². The van der Waals surface area contributed by atoms with Crippen LogP contribution < -0.4 is 5.32 Å². The van der Waals surface area contributed by atoms with E-state index in [2.05, 4.69) is 70.8 Å². The van der Waals surface area contributed by atoms with Crippen molar-refractivity contribution in [2.45, 2.75) is 46.2 Å². The number of aromatic nitrogens is 2. The van der Waals surface area contributed by atoms with E-state index in [1.54, 1.807) is 0 Å². The first-order valence-electron chi connectivity index (χ1n) is 7.64. The molecule has 1 unspecified atom stereocenters. The molecular weight excluding hydrogens is 316 g/mol. The molecule has 1 aromatic heterocycles. The van der Waals surface area contributed by atoms with Gasteiger partial charge in [-0.05, 0) is 42.5 Å². The lowest BCUT2D eigenvalue weighted by Gasteiger charge is -2.27. The van der Waals surface area contributed by atoms with Crippen LogP contribution in [0.4, 0.5) is 0 Å². The van der Waals surface area contributed by atoms with Gasteiger partial charge < -0.3 is 10.2 Å². The molecule has 1 atom stereocenters. The van der Waals surface area contributed by atoms with Crippen LogP contribution in [0.25, 0.3) is 0 Å². The molecule has 0 saturated carbocycles. The molecule has 0 aromatic carbocycles. The Morgan fingerprint density at radius 1 is 1.30 bits per heavy atom. The van der Waals surface area contributed by atoms with Crippen molar-refractivity contribution in [2.24, 2.45) is 5.92 Å². The third-order valence-corrected chi connectivity index (χ3v) is 4.44. The van der Waals surface area contributed by atoms with Crippen LogP contribution >= 0.6 is 15.9 Å². The zero-order valence-electron chi connectivity index (χ0n) is 13.5. The summed E-state index contributed by atoms with van der Waals surface area (Å²) in [6, 6.07) is 0.369. The third-order valence-electron chi connectivity index (χ3n) is 3.83. The van der Waals surface area contributed by atoms with E-state index >= 15 is 0 Å². The highest BCUT2D eigenvalue weighted by Gasteiger charge is 2.25. The van der Waals surface area contributed by atoms with Crippen molar-refractivity contribution >= 4 is 15.9 Å². The van der Waals surface area contributed by atoms with Crippen LogP contribution in [-0.4, -0.2) is 41.9 Å². The fourth-order valence-electron chi connectivity index (χ4n) is 2.62. The minimum absolute atomic E-state index is 0.369. The van der Waals surface area contributed by atoms with E-state index in [1.807, 2.05) is 6.20 Å². The molecule has 0 aliphatic heterocycles. The summed E-state index contributed by atoms with van der Waals surface area (Å²) in [5.74, 6) is 0.640. The average molecular weight is 345 g/mol. The maximum atomic E-state index is 4.54. The second-order valence-corrected chi connectivity index (χ2v) is 6.37. The number of halogens is 1. The minimum Gasteiger partial charge on any atom is -0.309 e. The molecule has 0 saturated heterocycles. The quantitative estimate of drug-likeness (QED) is 0.746. The monoisotopic (exact) mass is 344 g/mol. The molecule has 0 aliphatic carbocycles. The summed E-state index contributed by atoms with van der Waals surface area (Å²) in [5, 5.41) is 8.20. The molecule has 0 aliphatic rings. The Morgan fingerprint density at radius 3 is 2.45 bits per heavy atom. The zero-order valence-corrected chi connectivity index (χ0v) is 15.1. The molecule has 0 spiro atoms. The van der Waals surface area contributed by atoms with Crippen molar-refractivity contribution in [1.29, 1.82) is 0 Å². The molecule has 5 heteroatoms. The van der Waals surface area contributed by atoms with Crippen molar-refractivity contribution < 1.29 is 0 Å². The van der Waals surface area contributed by atoms with Crippen LogP contribution in [0.5, 0.6) is 0 Å². The number of likely N-dealkylation sites (N-methyl/N-ethyl adjacent to an activating group) is 1. The Labute approximate surface area is 132 Å². The van der Waals surface area contributed by atoms with E-state index in [0.717, 1.165) is 24.1 Å². The van der Waals surface area contributed by atoms with Gasteiger partial charge in [-0.25, -0.2) is 0 Å². The van der Waals surface area contributed by atoms with Crippen LogP contribution in [0.1, 0.15) is 45.3 Å².